The van der Waals surface area contributed by atoms with Crippen LogP contribution >= 0.6 is 0 Å². The first-order valence-corrected chi connectivity index (χ1v) is 10.7. The predicted molar refractivity (Wildman–Crippen MR) is 117 cm³/mol. The quantitative estimate of drug-likeness (QED) is 0.765. The SMILES string of the molecule is COc1ccc2c(c1N1CCN(C)CC1)CN1CCc3cc4c(cc3C1=C2)OCO4. The molecule has 0 unspecified atom stereocenters. The third-order valence-corrected chi connectivity index (χ3v) is 6.83. The zero-order valence-corrected chi connectivity index (χ0v) is 17.6. The van der Waals surface area contributed by atoms with Crippen LogP contribution in [0.5, 0.6) is 17.2 Å². The molecule has 0 saturated carbocycles. The summed E-state index contributed by atoms with van der Waals surface area (Å²) in [5.41, 5.74) is 7.85. The van der Waals surface area contributed by atoms with Crippen LogP contribution in [-0.2, 0) is 13.0 Å². The average Bonchev–Trinajstić information content (AvgIpc) is 3.23. The van der Waals surface area contributed by atoms with Gasteiger partial charge in [0.2, 0.25) is 6.79 Å². The van der Waals surface area contributed by atoms with Gasteiger partial charge in [-0.2, -0.15) is 0 Å². The van der Waals surface area contributed by atoms with E-state index < -0.39 is 0 Å². The van der Waals surface area contributed by atoms with Crippen LogP contribution in [0.25, 0.3) is 11.8 Å². The van der Waals surface area contributed by atoms with Gasteiger partial charge < -0.3 is 28.9 Å². The molecule has 2 aromatic carbocycles. The highest BCUT2D eigenvalue weighted by molar-refractivity contribution is 5.88. The lowest BCUT2D eigenvalue weighted by molar-refractivity contribution is 0.174. The zero-order chi connectivity index (χ0) is 20.2. The Morgan fingerprint density at radius 3 is 2.53 bits per heavy atom. The molecule has 0 spiro atoms. The third-order valence-electron chi connectivity index (χ3n) is 6.83. The van der Waals surface area contributed by atoms with Crippen LogP contribution in [0.1, 0.15) is 22.3 Å². The number of benzene rings is 2. The second-order valence-electron chi connectivity index (χ2n) is 8.54. The summed E-state index contributed by atoms with van der Waals surface area (Å²) in [4.78, 5) is 7.40. The van der Waals surface area contributed by atoms with E-state index in [2.05, 4.69) is 52.1 Å². The minimum atomic E-state index is 0.317. The summed E-state index contributed by atoms with van der Waals surface area (Å²) in [7, 11) is 3.98. The van der Waals surface area contributed by atoms with Crippen molar-refractivity contribution in [3.8, 4) is 17.2 Å². The Bertz CT molecular complexity index is 1040. The van der Waals surface area contributed by atoms with E-state index in [9.17, 15) is 0 Å². The highest BCUT2D eigenvalue weighted by Crippen LogP contribution is 2.45. The number of rotatable bonds is 2. The standard InChI is InChI=1S/C24H27N3O3/c1-25-7-9-26(10-8-25)24-19-14-27-6-5-17-12-22-23(30-15-29-22)13-18(17)20(27)11-16(19)3-4-21(24)28-2/h3-4,11-13H,5-10,14-15H2,1-2H3. The minimum absolute atomic E-state index is 0.317. The topological polar surface area (TPSA) is 37.4 Å². The van der Waals surface area contributed by atoms with Gasteiger partial charge in [0.05, 0.1) is 12.8 Å². The molecule has 0 N–H and O–H groups in total. The molecular weight excluding hydrogens is 378 g/mol. The summed E-state index contributed by atoms with van der Waals surface area (Å²) in [5.74, 6) is 2.71. The van der Waals surface area contributed by atoms with Crippen molar-refractivity contribution in [3.63, 3.8) is 0 Å². The first kappa shape index (κ1) is 18.0. The van der Waals surface area contributed by atoms with Crippen LogP contribution < -0.4 is 19.1 Å². The maximum atomic E-state index is 5.81. The zero-order valence-electron chi connectivity index (χ0n) is 17.6. The summed E-state index contributed by atoms with van der Waals surface area (Å²) in [6, 6.07) is 8.66. The number of methoxy groups -OCH3 is 1. The molecule has 0 amide bonds. The molecular formula is C24H27N3O3. The van der Waals surface area contributed by atoms with E-state index in [-0.39, 0.29) is 0 Å². The van der Waals surface area contributed by atoms with Crippen molar-refractivity contribution in [2.75, 3.05) is 58.6 Å². The van der Waals surface area contributed by atoms with Crippen molar-refractivity contribution in [2.24, 2.45) is 0 Å². The Morgan fingerprint density at radius 1 is 0.933 bits per heavy atom. The molecule has 6 rings (SSSR count). The summed E-state index contributed by atoms with van der Waals surface area (Å²) in [6.45, 7) is 6.47. The molecule has 2 aromatic rings. The number of likely N-dealkylation sites (N-methyl/N-ethyl adjacent to an activating group) is 1. The summed E-state index contributed by atoms with van der Waals surface area (Å²) in [5, 5.41) is 0. The number of piperazine rings is 1. The van der Waals surface area contributed by atoms with Gasteiger partial charge in [0, 0.05) is 56.1 Å². The number of anilines is 1. The fourth-order valence-electron chi connectivity index (χ4n) is 5.12. The molecule has 0 aliphatic carbocycles. The molecule has 4 aliphatic rings. The monoisotopic (exact) mass is 405 g/mol. The van der Waals surface area contributed by atoms with Crippen molar-refractivity contribution >= 4 is 17.5 Å². The lowest BCUT2D eigenvalue weighted by atomic mass is 9.89. The van der Waals surface area contributed by atoms with Crippen molar-refractivity contribution in [1.29, 1.82) is 0 Å². The molecule has 4 heterocycles. The van der Waals surface area contributed by atoms with Crippen LogP contribution in [0.3, 0.4) is 0 Å². The maximum Gasteiger partial charge on any atom is 0.231 e. The van der Waals surface area contributed by atoms with Gasteiger partial charge in [0.25, 0.3) is 0 Å². The molecule has 6 heteroatoms. The van der Waals surface area contributed by atoms with Gasteiger partial charge in [0.1, 0.15) is 5.75 Å². The van der Waals surface area contributed by atoms with Crippen LogP contribution in [0, 0.1) is 0 Å². The smallest absolute Gasteiger partial charge is 0.231 e. The Morgan fingerprint density at radius 2 is 1.73 bits per heavy atom. The predicted octanol–water partition coefficient (Wildman–Crippen LogP) is 3.05. The van der Waals surface area contributed by atoms with Gasteiger partial charge in [-0.05, 0) is 48.9 Å². The van der Waals surface area contributed by atoms with E-state index in [1.807, 2.05) is 0 Å². The summed E-state index contributed by atoms with van der Waals surface area (Å²) in [6.07, 6.45) is 3.37. The number of ether oxygens (including phenoxy) is 3. The molecule has 6 nitrogen and oxygen atoms in total. The Labute approximate surface area is 177 Å². The van der Waals surface area contributed by atoms with Gasteiger partial charge in [-0.3, -0.25) is 0 Å². The van der Waals surface area contributed by atoms with Gasteiger partial charge in [-0.25, -0.2) is 0 Å². The van der Waals surface area contributed by atoms with Gasteiger partial charge in [-0.1, -0.05) is 6.07 Å². The van der Waals surface area contributed by atoms with E-state index in [0.29, 0.717) is 6.79 Å². The molecule has 1 fully saturated rings. The Hall–Kier alpha value is -2.86. The van der Waals surface area contributed by atoms with Crippen LogP contribution in [0.15, 0.2) is 24.3 Å². The molecule has 0 aromatic heterocycles. The van der Waals surface area contributed by atoms with Crippen molar-refractivity contribution < 1.29 is 14.2 Å². The molecule has 30 heavy (non-hydrogen) atoms. The van der Waals surface area contributed by atoms with E-state index in [4.69, 9.17) is 14.2 Å². The normalized spacial score (nSPS) is 19.7. The first-order chi connectivity index (χ1) is 14.7. The third kappa shape index (κ3) is 2.74. The number of hydrogen-bond donors (Lipinski definition) is 0. The number of fused-ring (bicyclic) bond motifs is 5. The summed E-state index contributed by atoms with van der Waals surface area (Å²) >= 11 is 0. The molecule has 4 aliphatic heterocycles. The summed E-state index contributed by atoms with van der Waals surface area (Å²) < 4.78 is 17.1. The average molecular weight is 405 g/mol. The van der Waals surface area contributed by atoms with Crippen LogP contribution in [0.4, 0.5) is 5.69 Å². The van der Waals surface area contributed by atoms with E-state index in [1.165, 1.54) is 33.6 Å². The fraction of sp³-hybridized carbons (Fsp3) is 0.417. The van der Waals surface area contributed by atoms with E-state index in [0.717, 1.165) is 62.9 Å². The molecule has 0 bridgehead atoms. The van der Waals surface area contributed by atoms with Crippen LogP contribution in [0.2, 0.25) is 0 Å². The maximum absolute atomic E-state index is 5.81. The van der Waals surface area contributed by atoms with Crippen molar-refractivity contribution in [3.05, 3.63) is 46.5 Å². The lowest BCUT2D eigenvalue weighted by Gasteiger charge is -2.40. The van der Waals surface area contributed by atoms with Gasteiger partial charge >= 0.3 is 0 Å². The highest BCUT2D eigenvalue weighted by Gasteiger charge is 2.31. The largest absolute Gasteiger partial charge is 0.495 e. The number of hydrogen-bond acceptors (Lipinski definition) is 6. The Balaban J connectivity index is 1.45. The Kier molecular flexibility index (Phi) is 4.09. The first-order valence-electron chi connectivity index (χ1n) is 10.7. The van der Waals surface area contributed by atoms with E-state index >= 15 is 0 Å². The second-order valence-corrected chi connectivity index (χ2v) is 8.54. The fourth-order valence-corrected chi connectivity index (χ4v) is 5.12. The van der Waals surface area contributed by atoms with Crippen molar-refractivity contribution in [2.45, 2.75) is 13.0 Å². The molecule has 0 radical (unpaired) electrons. The van der Waals surface area contributed by atoms with Gasteiger partial charge in [0.15, 0.2) is 11.5 Å². The molecule has 0 atom stereocenters. The number of nitrogens with zero attached hydrogens (tertiary/aromatic N) is 3. The molecule has 156 valence electrons. The second kappa shape index (κ2) is 6.84. The highest BCUT2D eigenvalue weighted by atomic mass is 16.7. The van der Waals surface area contributed by atoms with Gasteiger partial charge in [-0.15, -0.1) is 0 Å². The van der Waals surface area contributed by atoms with Crippen LogP contribution in [-0.4, -0.2) is 63.5 Å². The van der Waals surface area contributed by atoms with Crippen molar-refractivity contribution in [1.82, 2.24) is 9.80 Å². The lowest BCUT2D eigenvalue weighted by Crippen LogP contribution is -2.45. The molecule has 1 saturated heterocycles. The van der Waals surface area contributed by atoms with E-state index in [1.54, 1.807) is 7.11 Å². The minimum Gasteiger partial charge on any atom is -0.495 e.